The molecule has 0 bridgehead atoms. The number of aromatic carboxylic acids is 1. The van der Waals surface area contributed by atoms with Gasteiger partial charge < -0.3 is 9.84 Å². The summed E-state index contributed by atoms with van der Waals surface area (Å²) in [7, 11) is 0. The Morgan fingerprint density at radius 3 is 2.93 bits per heavy atom. The van der Waals surface area contributed by atoms with Crippen molar-refractivity contribution in [3.8, 4) is 11.3 Å². The molecular formula is C20H15FN2O3S. The first-order valence-electron chi connectivity index (χ1n) is 8.66. The molecule has 1 aliphatic heterocycles. The number of carbonyl (C=O) groups is 1. The van der Waals surface area contributed by atoms with E-state index in [1.165, 1.54) is 17.4 Å². The molecule has 0 unspecified atom stereocenters. The van der Waals surface area contributed by atoms with Gasteiger partial charge in [-0.2, -0.15) is 0 Å². The smallest absolute Gasteiger partial charge is 0.335 e. The van der Waals surface area contributed by atoms with Crippen LogP contribution in [0.15, 0.2) is 42.6 Å². The molecular weight excluding hydrogens is 367 g/mol. The van der Waals surface area contributed by atoms with Crippen molar-refractivity contribution in [1.29, 1.82) is 0 Å². The van der Waals surface area contributed by atoms with E-state index in [1.807, 2.05) is 10.5 Å². The van der Waals surface area contributed by atoms with Crippen LogP contribution in [0.25, 0.3) is 26.4 Å². The van der Waals surface area contributed by atoms with Crippen LogP contribution < -0.4 is 0 Å². The van der Waals surface area contributed by atoms with Crippen LogP contribution in [-0.4, -0.2) is 27.1 Å². The Bertz CT molecular complexity index is 1190. The molecule has 5 rings (SSSR count). The monoisotopic (exact) mass is 382 g/mol. The van der Waals surface area contributed by atoms with Crippen LogP contribution in [-0.2, 0) is 4.74 Å². The Labute approximate surface area is 157 Å². The lowest BCUT2D eigenvalue weighted by molar-refractivity contribution is 0.0697. The van der Waals surface area contributed by atoms with Crippen molar-refractivity contribution in [2.24, 2.45) is 0 Å². The molecule has 4 aromatic rings. The SMILES string of the molecule is O=C(O)c1ccc2c(c1)sc1nc(-c3ccc([C@@H]4CCCO4)cc3F)cn12. The van der Waals surface area contributed by atoms with E-state index in [4.69, 9.17) is 9.84 Å². The number of benzene rings is 2. The second kappa shape index (κ2) is 6.14. The van der Waals surface area contributed by atoms with Gasteiger partial charge in [0.2, 0.25) is 0 Å². The molecule has 0 saturated carbocycles. The fourth-order valence-electron chi connectivity index (χ4n) is 3.54. The van der Waals surface area contributed by atoms with Gasteiger partial charge in [-0.3, -0.25) is 4.40 Å². The van der Waals surface area contributed by atoms with Crippen molar-refractivity contribution in [1.82, 2.24) is 9.38 Å². The van der Waals surface area contributed by atoms with Gasteiger partial charge in [-0.05, 0) is 48.7 Å². The third-order valence-electron chi connectivity index (χ3n) is 4.91. The summed E-state index contributed by atoms with van der Waals surface area (Å²) in [5.41, 5.74) is 2.96. The lowest BCUT2D eigenvalue weighted by Crippen LogP contribution is -1.97. The largest absolute Gasteiger partial charge is 0.478 e. The summed E-state index contributed by atoms with van der Waals surface area (Å²) < 4.78 is 23.0. The number of ether oxygens (including phenoxy) is 1. The molecule has 7 heteroatoms. The number of imidazole rings is 1. The van der Waals surface area contributed by atoms with E-state index in [9.17, 15) is 9.18 Å². The van der Waals surface area contributed by atoms with Gasteiger partial charge >= 0.3 is 5.97 Å². The summed E-state index contributed by atoms with van der Waals surface area (Å²) in [5.74, 6) is -1.27. The molecule has 0 amide bonds. The molecule has 27 heavy (non-hydrogen) atoms. The second-order valence-corrected chi connectivity index (χ2v) is 7.62. The van der Waals surface area contributed by atoms with E-state index < -0.39 is 5.97 Å². The van der Waals surface area contributed by atoms with E-state index in [0.717, 1.165) is 35.2 Å². The van der Waals surface area contributed by atoms with Gasteiger partial charge in [-0.25, -0.2) is 14.2 Å². The van der Waals surface area contributed by atoms with Gasteiger partial charge in [-0.15, -0.1) is 0 Å². The Balaban J connectivity index is 1.56. The number of hydrogen-bond donors (Lipinski definition) is 1. The highest BCUT2D eigenvalue weighted by Gasteiger charge is 2.20. The number of carboxylic acids is 1. The van der Waals surface area contributed by atoms with E-state index in [1.54, 1.807) is 30.5 Å². The zero-order chi connectivity index (χ0) is 18.5. The molecule has 2 aromatic carbocycles. The average molecular weight is 382 g/mol. The van der Waals surface area contributed by atoms with Crippen molar-refractivity contribution in [3.63, 3.8) is 0 Å². The molecule has 1 fully saturated rings. The first kappa shape index (κ1) is 16.4. The van der Waals surface area contributed by atoms with E-state index in [0.29, 0.717) is 16.2 Å². The van der Waals surface area contributed by atoms with Crippen LogP contribution in [0.4, 0.5) is 4.39 Å². The van der Waals surface area contributed by atoms with Gasteiger partial charge in [0.25, 0.3) is 0 Å². The predicted octanol–water partition coefficient (Wildman–Crippen LogP) is 4.90. The van der Waals surface area contributed by atoms with Crippen molar-refractivity contribution < 1.29 is 19.0 Å². The predicted molar refractivity (Wildman–Crippen MR) is 101 cm³/mol. The zero-order valence-electron chi connectivity index (χ0n) is 14.2. The first-order valence-corrected chi connectivity index (χ1v) is 9.48. The molecule has 5 nitrogen and oxygen atoms in total. The second-order valence-electron chi connectivity index (χ2n) is 6.61. The third-order valence-corrected chi connectivity index (χ3v) is 5.93. The van der Waals surface area contributed by atoms with Crippen molar-refractivity contribution >= 4 is 32.5 Å². The number of fused-ring (bicyclic) bond motifs is 3. The highest BCUT2D eigenvalue weighted by Crippen LogP contribution is 2.34. The molecule has 1 saturated heterocycles. The minimum absolute atomic E-state index is 0.0218. The van der Waals surface area contributed by atoms with E-state index >= 15 is 0 Å². The lowest BCUT2D eigenvalue weighted by Gasteiger charge is -2.10. The third kappa shape index (κ3) is 2.70. The summed E-state index contributed by atoms with van der Waals surface area (Å²) in [6.07, 6.45) is 3.69. The number of nitrogens with zero attached hydrogens (tertiary/aromatic N) is 2. The fraction of sp³-hybridized carbons (Fsp3) is 0.200. The zero-order valence-corrected chi connectivity index (χ0v) is 15.0. The van der Waals surface area contributed by atoms with Crippen molar-refractivity contribution in [3.05, 3.63) is 59.5 Å². The highest BCUT2D eigenvalue weighted by molar-refractivity contribution is 7.23. The van der Waals surface area contributed by atoms with Crippen LogP contribution in [0, 0.1) is 5.82 Å². The molecule has 1 N–H and O–H groups in total. The van der Waals surface area contributed by atoms with Gasteiger partial charge in [0.15, 0.2) is 4.96 Å². The van der Waals surface area contributed by atoms with Gasteiger partial charge in [0.1, 0.15) is 5.82 Å². The minimum Gasteiger partial charge on any atom is -0.478 e. The number of halogens is 1. The Morgan fingerprint density at radius 2 is 2.19 bits per heavy atom. The summed E-state index contributed by atoms with van der Waals surface area (Å²) in [5, 5.41) is 9.13. The topological polar surface area (TPSA) is 63.8 Å². The van der Waals surface area contributed by atoms with Crippen LogP contribution in [0.5, 0.6) is 0 Å². The van der Waals surface area contributed by atoms with E-state index in [-0.39, 0.29) is 17.5 Å². The molecule has 0 spiro atoms. The normalized spacial score (nSPS) is 17.1. The Morgan fingerprint density at radius 1 is 1.30 bits per heavy atom. The lowest BCUT2D eigenvalue weighted by atomic mass is 10.0. The number of thiazole rings is 1. The highest BCUT2D eigenvalue weighted by atomic mass is 32.1. The average Bonchev–Trinajstić information content (AvgIpc) is 3.37. The maximum absolute atomic E-state index is 14.7. The Hall–Kier alpha value is -2.77. The minimum atomic E-state index is -0.961. The fourth-order valence-corrected chi connectivity index (χ4v) is 4.59. The molecule has 2 aromatic heterocycles. The Kier molecular flexibility index (Phi) is 3.73. The molecule has 0 radical (unpaired) electrons. The van der Waals surface area contributed by atoms with Crippen LogP contribution >= 0.6 is 11.3 Å². The summed E-state index contributed by atoms with van der Waals surface area (Å²) >= 11 is 1.38. The maximum Gasteiger partial charge on any atom is 0.335 e. The number of aromatic nitrogens is 2. The van der Waals surface area contributed by atoms with Crippen LogP contribution in [0.1, 0.15) is 34.9 Å². The first-order chi connectivity index (χ1) is 13.1. The van der Waals surface area contributed by atoms with E-state index in [2.05, 4.69) is 4.98 Å². The number of carboxylic acid groups (broad SMARTS) is 1. The van der Waals surface area contributed by atoms with Crippen molar-refractivity contribution in [2.75, 3.05) is 6.61 Å². The molecule has 1 atom stereocenters. The van der Waals surface area contributed by atoms with Gasteiger partial charge in [0.05, 0.1) is 27.6 Å². The van der Waals surface area contributed by atoms with Gasteiger partial charge in [-0.1, -0.05) is 17.4 Å². The number of hydrogen-bond acceptors (Lipinski definition) is 4. The summed E-state index contributed by atoms with van der Waals surface area (Å²) in [6.45, 7) is 0.724. The number of rotatable bonds is 3. The molecule has 136 valence electrons. The van der Waals surface area contributed by atoms with Gasteiger partial charge in [0, 0.05) is 18.4 Å². The summed E-state index contributed by atoms with van der Waals surface area (Å²) in [6, 6.07) is 10.1. The standard InChI is InChI=1S/C20H15FN2O3S/c21-14-8-11(17-2-1-7-26-17)3-5-13(14)15-10-23-16-6-4-12(19(24)25)9-18(16)27-20(23)22-15/h3-6,8-10,17H,1-2,7H2,(H,24,25)/t17-/m0/s1. The molecule has 3 heterocycles. The van der Waals surface area contributed by atoms with Crippen LogP contribution in [0.3, 0.4) is 0 Å². The molecule has 0 aliphatic carbocycles. The quantitative estimate of drug-likeness (QED) is 0.547. The maximum atomic E-state index is 14.7. The summed E-state index contributed by atoms with van der Waals surface area (Å²) in [4.78, 5) is 16.4. The van der Waals surface area contributed by atoms with Crippen LogP contribution in [0.2, 0.25) is 0 Å². The molecule has 1 aliphatic rings. The van der Waals surface area contributed by atoms with Crippen molar-refractivity contribution in [2.45, 2.75) is 18.9 Å².